The van der Waals surface area contributed by atoms with Crippen LogP contribution in [0.2, 0.25) is 0 Å². The molecule has 0 spiro atoms. The summed E-state index contributed by atoms with van der Waals surface area (Å²) in [5.74, 6) is 0.499. The van der Waals surface area contributed by atoms with E-state index in [2.05, 4.69) is 42.8 Å². The van der Waals surface area contributed by atoms with Gasteiger partial charge in [-0.2, -0.15) is 0 Å². The highest BCUT2D eigenvalue weighted by molar-refractivity contribution is 5.68. The maximum Gasteiger partial charge on any atom is 0.305 e. The maximum atomic E-state index is 11.0. The largest absolute Gasteiger partial charge is 0.469 e. The topological polar surface area (TPSA) is 52.3 Å². The van der Waals surface area contributed by atoms with Crippen LogP contribution in [-0.2, 0) is 16.0 Å². The molecule has 1 unspecified atom stereocenters. The van der Waals surface area contributed by atoms with Gasteiger partial charge in [-0.05, 0) is 36.3 Å². The van der Waals surface area contributed by atoms with Gasteiger partial charge in [-0.25, -0.2) is 0 Å². The van der Waals surface area contributed by atoms with Gasteiger partial charge in [-0.15, -0.1) is 0 Å². The van der Waals surface area contributed by atoms with Crippen molar-refractivity contribution in [1.29, 1.82) is 0 Å². The van der Waals surface area contributed by atoms with E-state index in [1.165, 1.54) is 12.7 Å². The van der Waals surface area contributed by atoms with Gasteiger partial charge < -0.3 is 10.5 Å². The molecule has 0 aliphatic rings. The normalized spacial score (nSPS) is 12.5. The zero-order chi connectivity index (χ0) is 14.3. The molecule has 1 rings (SSSR count). The zero-order valence-electron chi connectivity index (χ0n) is 12.2. The van der Waals surface area contributed by atoms with E-state index in [0.29, 0.717) is 12.3 Å². The Labute approximate surface area is 116 Å². The molecule has 0 fully saturated rings. The second-order valence-corrected chi connectivity index (χ2v) is 5.41. The van der Waals surface area contributed by atoms with Gasteiger partial charge in [0.2, 0.25) is 0 Å². The monoisotopic (exact) mass is 263 g/mol. The molecule has 0 aliphatic carbocycles. The molecule has 3 nitrogen and oxygen atoms in total. The van der Waals surface area contributed by atoms with Crippen molar-refractivity contribution in [3.05, 3.63) is 35.4 Å². The Balaban J connectivity index is 2.44. The van der Waals surface area contributed by atoms with Crippen molar-refractivity contribution >= 4 is 5.97 Å². The van der Waals surface area contributed by atoms with Gasteiger partial charge in [-0.3, -0.25) is 4.79 Å². The fraction of sp³-hybridized carbons (Fsp3) is 0.562. The summed E-state index contributed by atoms with van der Waals surface area (Å²) < 4.78 is 4.61. The fourth-order valence-corrected chi connectivity index (χ4v) is 2.11. The van der Waals surface area contributed by atoms with Crippen LogP contribution in [0.5, 0.6) is 0 Å². The van der Waals surface area contributed by atoms with Gasteiger partial charge in [0.15, 0.2) is 0 Å². The van der Waals surface area contributed by atoms with E-state index < -0.39 is 0 Å². The number of carbonyl (C=O) groups is 1. The summed E-state index contributed by atoms with van der Waals surface area (Å²) in [5.41, 5.74) is 8.61. The number of benzene rings is 1. The first-order valence-electron chi connectivity index (χ1n) is 6.94. The number of hydrogen-bond acceptors (Lipinski definition) is 3. The molecular formula is C16H25NO2. The van der Waals surface area contributed by atoms with E-state index >= 15 is 0 Å². The summed E-state index contributed by atoms with van der Waals surface area (Å²) in [7, 11) is 1.41. The van der Waals surface area contributed by atoms with Crippen molar-refractivity contribution < 1.29 is 9.53 Å². The number of hydrogen-bond donors (Lipinski definition) is 1. The SMILES string of the molecule is COC(=O)CCCC(N)c1ccc(CC(C)C)cc1. The Morgan fingerprint density at radius 3 is 2.42 bits per heavy atom. The van der Waals surface area contributed by atoms with Crippen molar-refractivity contribution in [2.24, 2.45) is 11.7 Å². The van der Waals surface area contributed by atoms with Gasteiger partial charge in [0.1, 0.15) is 0 Å². The van der Waals surface area contributed by atoms with E-state index in [0.717, 1.165) is 24.8 Å². The number of nitrogens with two attached hydrogens (primary N) is 1. The van der Waals surface area contributed by atoms with Crippen molar-refractivity contribution in [3.8, 4) is 0 Å². The van der Waals surface area contributed by atoms with Crippen molar-refractivity contribution in [1.82, 2.24) is 0 Å². The minimum Gasteiger partial charge on any atom is -0.469 e. The molecule has 0 saturated carbocycles. The first kappa shape index (κ1) is 15.7. The zero-order valence-corrected chi connectivity index (χ0v) is 12.2. The van der Waals surface area contributed by atoms with Crippen molar-refractivity contribution in [2.75, 3.05) is 7.11 Å². The van der Waals surface area contributed by atoms with Crippen LogP contribution in [0.15, 0.2) is 24.3 Å². The highest BCUT2D eigenvalue weighted by Gasteiger charge is 2.08. The molecule has 1 atom stereocenters. The van der Waals surface area contributed by atoms with Crippen LogP contribution in [-0.4, -0.2) is 13.1 Å². The van der Waals surface area contributed by atoms with Gasteiger partial charge in [0.05, 0.1) is 7.11 Å². The molecule has 0 aliphatic heterocycles. The van der Waals surface area contributed by atoms with Gasteiger partial charge in [0.25, 0.3) is 0 Å². The molecule has 0 bridgehead atoms. The Hall–Kier alpha value is -1.35. The van der Waals surface area contributed by atoms with E-state index in [1.54, 1.807) is 0 Å². The standard InChI is InChI=1S/C16H25NO2/c1-12(2)11-13-7-9-14(10-8-13)15(17)5-4-6-16(18)19-3/h7-10,12,15H,4-6,11,17H2,1-3H3. The number of ether oxygens (including phenoxy) is 1. The lowest BCUT2D eigenvalue weighted by molar-refractivity contribution is -0.140. The lowest BCUT2D eigenvalue weighted by atomic mass is 9.97. The van der Waals surface area contributed by atoms with Crippen LogP contribution in [0.1, 0.15) is 50.3 Å². The Morgan fingerprint density at radius 1 is 1.26 bits per heavy atom. The quantitative estimate of drug-likeness (QED) is 0.768. The minimum atomic E-state index is -0.167. The molecule has 0 radical (unpaired) electrons. The van der Waals surface area contributed by atoms with Crippen LogP contribution in [0, 0.1) is 5.92 Å². The third kappa shape index (κ3) is 5.88. The maximum absolute atomic E-state index is 11.0. The summed E-state index contributed by atoms with van der Waals surface area (Å²) in [6.45, 7) is 4.43. The molecule has 0 amide bonds. The molecule has 3 heteroatoms. The van der Waals surface area contributed by atoms with Gasteiger partial charge in [0, 0.05) is 12.5 Å². The summed E-state index contributed by atoms with van der Waals surface area (Å²) in [5, 5.41) is 0. The number of carbonyl (C=O) groups excluding carboxylic acids is 1. The Kier molecular flexibility index (Phi) is 6.57. The van der Waals surface area contributed by atoms with Crippen LogP contribution < -0.4 is 5.73 Å². The van der Waals surface area contributed by atoms with Gasteiger partial charge in [-0.1, -0.05) is 38.1 Å². The highest BCUT2D eigenvalue weighted by atomic mass is 16.5. The van der Waals surface area contributed by atoms with Crippen LogP contribution >= 0.6 is 0 Å². The predicted molar refractivity (Wildman–Crippen MR) is 77.8 cm³/mol. The Morgan fingerprint density at radius 2 is 1.89 bits per heavy atom. The predicted octanol–water partition coefficient (Wildman–Crippen LogP) is 3.23. The molecule has 0 heterocycles. The summed E-state index contributed by atoms with van der Waals surface area (Å²) in [6.07, 6.45) is 3.10. The lowest BCUT2D eigenvalue weighted by Crippen LogP contribution is -2.11. The lowest BCUT2D eigenvalue weighted by Gasteiger charge is -2.13. The molecule has 19 heavy (non-hydrogen) atoms. The smallest absolute Gasteiger partial charge is 0.305 e. The van der Waals surface area contributed by atoms with Crippen LogP contribution in [0.25, 0.3) is 0 Å². The third-order valence-electron chi connectivity index (χ3n) is 3.18. The number of methoxy groups -OCH3 is 1. The van der Waals surface area contributed by atoms with Crippen LogP contribution in [0.3, 0.4) is 0 Å². The first-order valence-corrected chi connectivity index (χ1v) is 6.94. The summed E-state index contributed by atoms with van der Waals surface area (Å²) in [6, 6.07) is 8.49. The number of esters is 1. The van der Waals surface area contributed by atoms with E-state index in [9.17, 15) is 4.79 Å². The van der Waals surface area contributed by atoms with Gasteiger partial charge >= 0.3 is 5.97 Å². The molecular weight excluding hydrogens is 238 g/mol. The first-order chi connectivity index (χ1) is 9.02. The second-order valence-electron chi connectivity index (χ2n) is 5.41. The Bertz CT molecular complexity index is 384. The van der Waals surface area contributed by atoms with Crippen molar-refractivity contribution in [2.45, 2.75) is 45.6 Å². The van der Waals surface area contributed by atoms with E-state index in [4.69, 9.17) is 5.73 Å². The molecule has 0 aromatic heterocycles. The van der Waals surface area contributed by atoms with Crippen molar-refractivity contribution in [3.63, 3.8) is 0 Å². The van der Waals surface area contributed by atoms with Crippen LogP contribution in [0.4, 0.5) is 0 Å². The second kappa shape index (κ2) is 7.95. The molecule has 2 N–H and O–H groups in total. The fourth-order valence-electron chi connectivity index (χ4n) is 2.11. The summed E-state index contributed by atoms with van der Waals surface area (Å²) >= 11 is 0. The molecule has 106 valence electrons. The highest BCUT2D eigenvalue weighted by Crippen LogP contribution is 2.18. The average molecular weight is 263 g/mol. The molecule has 1 aromatic carbocycles. The minimum absolute atomic E-state index is 0.00208. The molecule has 1 aromatic rings. The third-order valence-corrected chi connectivity index (χ3v) is 3.18. The molecule has 0 saturated heterocycles. The van der Waals surface area contributed by atoms with E-state index in [1.807, 2.05) is 0 Å². The van der Waals surface area contributed by atoms with E-state index in [-0.39, 0.29) is 12.0 Å². The number of rotatable bonds is 7. The average Bonchev–Trinajstić information content (AvgIpc) is 2.38. The summed E-state index contributed by atoms with van der Waals surface area (Å²) in [4.78, 5) is 11.0.